The van der Waals surface area contributed by atoms with E-state index in [4.69, 9.17) is 9.72 Å². The standard InChI is InChI=1S/C25H31N3O2/c1-3-25(29)26-16-8-4-5-15-24-27-22-13-6-7-14-23(22)28(24)17-10-18-30-21-12-9-11-20(2)19-21/h3,6-7,9,11-14,19H,1,4-5,8,10,15-18H2,2H3,(H,26,29). The first kappa shape index (κ1) is 21.6. The fourth-order valence-electron chi connectivity index (χ4n) is 3.55. The maximum Gasteiger partial charge on any atom is 0.243 e. The van der Waals surface area contributed by atoms with Crippen LogP contribution in [0.5, 0.6) is 5.75 Å². The molecule has 0 saturated carbocycles. The largest absolute Gasteiger partial charge is 0.494 e. The highest BCUT2D eigenvalue weighted by Crippen LogP contribution is 2.19. The normalized spacial score (nSPS) is 10.8. The number of nitrogens with one attached hydrogen (secondary N) is 1. The summed E-state index contributed by atoms with van der Waals surface area (Å²) in [5, 5.41) is 2.82. The number of para-hydroxylation sites is 2. The summed E-state index contributed by atoms with van der Waals surface area (Å²) >= 11 is 0. The number of ether oxygens (including phenoxy) is 1. The molecule has 0 fully saturated rings. The first-order chi connectivity index (χ1) is 14.7. The van der Waals surface area contributed by atoms with Crippen molar-refractivity contribution in [3.63, 3.8) is 0 Å². The average Bonchev–Trinajstić information content (AvgIpc) is 3.11. The van der Waals surface area contributed by atoms with Gasteiger partial charge in [0, 0.05) is 19.5 Å². The number of rotatable bonds is 12. The van der Waals surface area contributed by atoms with E-state index in [9.17, 15) is 4.79 Å². The van der Waals surface area contributed by atoms with E-state index < -0.39 is 0 Å². The highest BCUT2D eigenvalue weighted by molar-refractivity contribution is 5.86. The number of carbonyl (C=O) groups excluding carboxylic acids is 1. The highest BCUT2D eigenvalue weighted by atomic mass is 16.5. The number of carbonyl (C=O) groups is 1. The molecule has 5 heteroatoms. The summed E-state index contributed by atoms with van der Waals surface area (Å²) in [4.78, 5) is 16.0. The summed E-state index contributed by atoms with van der Waals surface area (Å²) < 4.78 is 8.24. The van der Waals surface area contributed by atoms with Gasteiger partial charge < -0.3 is 14.6 Å². The maximum atomic E-state index is 11.2. The molecule has 158 valence electrons. The molecule has 0 unspecified atom stereocenters. The molecule has 0 aliphatic carbocycles. The molecule has 0 bridgehead atoms. The minimum Gasteiger partial charge on any atom is -0.494 e. The lowest BCUT2D eigenvalue weighted by Crippen LogP contribution is -2.21. The summed E-state index contributed by atoms with van der Waals surface area (Å²) in [5.41, 5.74) is 3.44. The molecule has 3 aromatic rings. The molecule has 1 heterocycles. The van der Waals surface area contributed by atoms with Gasteiger partial charge in [-0.15, -0.1) is 0 Å². The topological polar surface area (TPSA) is 56.2 Å². The smallest absolute Gasteiger partial charge is 0.243 e. The number of aromatic nitrogens is 2. The van der Waals surface area contributed by atoms with E-state index in [2.05, 4.69) is 53.7 Å². The van der Waals surface area contributed by atoms with E-state index in [0.717, 1.165) is 55.7 Å². The summed E-state index contributed by atoms with van der Waals surface area (Å²) in [6, 6.07) is 16.5. The molecule has 0 saturated heterocycles. The van der Waals surface area contributed by atoms with Crippen LogP contribution in [-0.2, 0) is 17.8 Å². The zero-order chi connectivity index (χ0) is 21.2. The van der Waals surface area contributed by atoms with Gasteiger partial charge in [-0.1, -0.05) is 37.3 Å². The first-order valence-corrected chi connectivity index (χ1v) is 10.7. The third-order valence-corrected chi connectivity index (χ3v) is 5.08. The van der Waals surface area contributed by atoms with Crippen molar-refractivity contribution in [3.05, 3.63) is 72.6 Å². The van der Waals surface area contributed by atoms with E-state index in [1.807, 2.05) is 18.2 Å². The van der Waals surface area contributed by atoms with Crippen LogP contribution in [0.2, 0.25) is 0 Å². The molecule has 30 heavy (non-hydrogen) atoms. The molecular formula is C25H31N3O2. The van der Waals surface area contributed by atoms with E-state index in [0.29, 0.717) is 13.2 Å². The van der Waals surface area contributed by atoms with Gasteiger partial charge in [-0.05, 0) is 62.1 Å². The van der Waals surface area contributed by atoms with Gasteiger partial charge in [0.25, 0.3) is 0 Å². The van der Waals surface area contributed by atoms with Crippen LogP contribution >= 0.6 is 0 Å². The Morgan fingerprint density at radius 2 is 2.00 bits per heavy atom. The van der Waals surface area contributed by atoms with E-state index >= 15 is 0 Å². The van der Waals surface area contributed by atoms with Crippen molar-refractivity contribution in [3.8, 4) is 5.75 Å². The number of amides is 1. The number of hydrogen-bond acceptors (Lipinski definition) is 3. The molecule has 1 amide bonds. The molecule has 0 radical (unpaired) electrons. The van der Waals surface area contributed by atoms with Gasteiger partial charge in [0.15, 0.2) is 0 Å². The van der Waals surface area contributed by atoms with Crippen molar-refractivity contribution >= 4 is 16.9 Å². The van der Waals surface area contributed by atoms with Crippen molar-refractivity contribution in [1.82, 2.24) is 14.9 Å². The minimum absolute atomic E-state index is 0.107. The lowest BCUT2D eigenvalue weighted by Gasteiger charge is -2.11. The third-order valence-electron chi connectivity index (χ3n) is 5.08. The summed E-state index contributed by atoms with van der Waals surface area (Å²) in [6.07, 6.45) is 6.23. The molecule has 1 aromatic heterocycles. The zero-order valence-electron chi connectivity index (χ0n) is 17.8. The van der Waals surface area contributed by atoms with Gasteiger partial charge in [0.2, 0.25) is 5.91 Å². The molecule has 1 N–H and O–H groups in total. The summed E-state index contributed by atoms with van der Waals surface area (Å²) in [5.74, 6) is 1.95. The molecule has 5 nitrogen and oxygen atoms in total. The predicted molar refractivity (Wildman–Crippen MR) is 122 cm³/mol. The van der Waals surface area contributed by atoms with E-state index in [1.165, 1.54) is 17.2 Å². The second-order valence-corrected chi connectivity index (χ2v) is 7.49. The summed E-state index contributed by atoms with van der Waals surface area (Å²) in [7, 11) is 0. The fourth-order valence-corrected chi connectivity index (χ4v) is 3.55. The fraction of sp³-hybridized carbons (Fsp3) is 0.360. The van der Waals surface area contributed by atoms with Crippen LogP contribution in [0.4, 0.5) is 0 Å². The van der Waals surface area contributed by atoms with Gasteiger partial charge in [-0.2, -0.15) is 0 Å². The second kappa shape index (κ2) is 11.2. The Kier molecular flexibility index (Phi) is 8.07. The molecular weight excluding hydrogens is 374 g/mol. The van der Waals surface area contributed by atoms with Crippen molar-refractivity contribution in [2.45, 2.75) is 45.6 Å². The lowest BCUT2D eigenvalue weighted by atomic mass is 10.2. The SMILES string of the molecule is C=CC(=O)NCCCCCc1nc2ccccc2n1CCCOc1cccc(C)c1. The van der Waals surface area contributed by atoms with Crippen molar-refractivity contribution in [1.29, 1.82) is 0 Å². The number of nitrogens with zero attached hydrogens (tertiary/aromatic N) is 2. The maximum absolute atomic E-state index is 11.2. The number of hydrogen-bond donors (Lipinski definition) is 1. The van der Waals surface area contributed by atoms with Gasteiger partial charge in [0.05, 0.1) is 17.6 Å². The number of benzene rings is 2. The van der Waals surface area contributed by atoms with E-state index in [-0.39, 0.29) is 5.91 Å². The predicted octanol–water partition coefficient (Wildman–Crippen LogP) is 4.83. The molecule has 0 atom stereocenters. The average molecular weight is 406 g/mol. The monoisotopic (exact) mass is 405 g/mol. The minimum atomic E-state index is -0.107. The highest BCUT2D eigenvalue weighted by Gasteiger charge is 2.10. The Morgan fingerprint density at radius 1 is 1.13 bits per heavy atom. The Hall–Kier alpha value is -3.08. The second-order valence-electron chi connectivity index (χ2n) is 7.49. The Labute approximate surface area is 178 Å². The third kappa shape index (κ3) is 6.21. The van der Waals surface area contributed by atoms with Gasteiger partial charge in [-0.25, -0.2) is 4.98 Å². The van der Waals surface area contributed by atoms with Crippen LogP contribution in [-0.4, -0.2) is 28.6 Å². The van der Waals surface area contributed by atoms with Crippen molar-refractivity contribution < 1.29 is 9.53 Å². The molecule has 0 aliphatic rings. The van der Waals surface area contributed by atoms with Crippen LogP contribution in [0.3, 0.4) is 0 Å². The Bertz CT molecular complexity index is 977. The Morgan fingerprint density at radius 3 is 2.83 bits per heavy atom. The number of imidazole rings is 1. The van der Waals surface area contributed by atoms with Crippen molar-refractivity contribution in [2.75, 3.05) is 13.2 Å². The quantitative estimate of drug-likeness (QED) is 0.347. The van der Waals surface area contributed by atoms with Crippen LogP contribution in [0, 0.1) is 6.92 Å². The van der Waals surface area contributed by atoms with E-state index in [1.54, 1.807) is 0 Å². The number of aryl methyl sites for hydroxylation is 3. The van der Waals surface area contributed by atoms with Crippen LogP contribution < -0.4 is 10.1 Å². The Balaban J connectivity index is 1.52. The van der Waals surface area contributed by atoms with Gasteiger partial charge >= 0.3 is 0 Å². The van der Waals surface area contributed by atoms with Crippen molar-refractivity contribution in [2.24, 2.45) is 0 Å². The molecule has 0 spiro atoms. The van der Waals surface area contributed by atoms with Crippen LogP contribution in [0.1, 0.15) is 37.1 Å². The molecule has 3 rings (SSSR count). The number of unbranched alkanes of at least 4 members (excludes halogenated alkanes) is 2. The van der Waals surface area contributed by atoms with Gasteiger partial charge in [-0.3, -0.25) is 4.79 Å². The molecule has 0 aliphatic heterocycles. The number of fused-ring (bicyclic) bond motifs is 1. The zero-order valence-corrected chi connectivity index (χ0v) is 17.8. The van der Waals surface area contributed by atoms with Gasteiger partial charge in [0.1, 0.15) is 11.6 Å². The lowest BCUT2D eigenvalue weighted by molar-refractivity contribution is -0.116. The molecule has 2 aromatic carbocycles. The van der Waals surface area contributed by atoms with Crippen LogP contribution in [0.15, 0.2) is 61.2 Å². The first-order valence-electron chi connectivity index (χ1n) is 10.7. The summed E-state index contributed by atoms with van der Waals surface area (Å²) in [6.45, 7) is 7.80. The van der Waals surface area contributed by atoms with Crippen LogP contribution in [0.25, 0.3) is 11.0 Å².